The first-order valence-corrected chi connectivity index (χ1v) is 8.97. The molecule has 7 nitrogen and oxygen atoms in total. The lowest BCUT2D eigenvalue weighted by Gasteiger charge is -2.25. The maximum absolute atomic E-state index is 12.4. The lowest BCUT2D eigenvalue weighted by atomic mass is 10.1. The van der Waals surface area contributed by atoms with Gasteiger partial charge in [0.15, 0.2) is 0 Å². The first kappa shape index (κ1) is 20.2. The van der Waals surface area contributed by atoms with Crippen molar-refractivity contribution < 1.29 is 14.4 Å². The summed E-state index contributed by atoms with van der Waals surface area (Å²) in [6, 6.07) is 5.17. The van der Waals surface area contributed by atoms with E-state index in [1.165, 1.54) is 6.92 Å². The summed E-state index contributed by atoms with van der Waals surface area (Å²) in [5, 5.41) is 8.46. The van der Waals surface area contributed by atoms with Crippen molar-refractivity contribution in [3.8, 4) is 0 Å². The van der Waals surface area contributed by atoms with Crippen LogP contribution < -0.4 is 16.0 Å². The molecule has 0 aliphatic carbocycles. The van der Waals surface area contributed by atoms with Crippen molar-refractivity contribution in [2.75, 3.05) is 26.0 Å². The molecule has 2 atom stereocenters. The Morgan fingerprint density at radius 2 is 1.92 bits per heavy atom. The van der Waals surface area contributed by atoms with Crippen LogP contribution in [0.4, 0.5) is 5.69 Å². The van der Waals surface area contributed by atoms with Crippen molar-refractivity contribution in [1.82, 2.24) is 15.5 Å². The van der Waals surface area contributed by atoms with Crippen LogP contribution in [-0.4, -0.2) is 55.3 Å². The van der Waals surface area contributed by atoms with E-state index in [4.69, 9.17) is 11.6 Å². The summed E-state index contributed by atoms with van der Waals surface area (Å²) in [7, 11) is 3.61. The molecular formula is C18H25ClN4O3. The van der Waals surface area contributed by atoms with Gasteiger partial charge in [-0.3, -0.25) is 19.3 Å². The van der Waals surface area contributed by atoms with E-state index in [0.29, 0.717) is 24.2 Å². The fourth-order valence-electron chi connectivity index (χ4n) is 3.18. The summed E-state index contributed by atoms with van der Waals surface area (Å²) in [6.07, 6.45) is 2.32. The normalized spacial score (nSPS) is 19.8. The maximum Gasteiger partial charge on any atom is 0.252 e. The van der Waals surface area contributed by atoms with Gasteiger partial charge in [0.1, 0.15) is 0 Å². The summed E-state index contributed by atoms with van der Waals surface area (Å²) in [6.45, 7) is 1.90. The molecule has 2 rings (SSSR count). The van der Waals surface area contributed by atoms with Crippen LogP contribution in [0.15, 0.2) is 18.2 Å². The number of nitrogens with one attached hydrogen (secondary N) is 3. The molecule has 0 unspecified atom stereocenters. The molecule has 26 heavy (non-hydrogen) atoms. The molecule has 1 aliphatic heterocycles. The second kappa shape index (κ2) is 9.00. The Balaban J connectivity index is 1.90. The second-order valence-corrected chi connectivity index (χ2v) is 6.92. The van der Waals surface area contributed by atoms with Crippen molar-refractivity contribution in [2.45, 2.75) is 38.3 Å². The summed E-state index contributed by atoms with van der Waals surface area (Å²) < 4.78 is 0. The van der Waals surface area contributed by atoms with E-state index in [2.05, 4.69) is 20.9 Å². The van der Waals surface area contributed by atoms with Crippen LogP contribution in [0.1, 0.15) is 36.5 Å². The van der Waals surface area contributed by atoms with Crippen LogP contribution >= 0.6 is 11.6 Å². The molecule has 1 heterocycles. The van der Waals surface area contributed by atoms with Crippen molar-refractivity contribution in [3.63, 3.8) is 0 Å². The molecule has 1 aromatic carbocycles. The molecule has 3 amide bonds. The van der Waals surface area contributed by atoms with E-state index in [1.54, 1.807) is 25.2 Å². The highest BCUT2D eigenvalue weighted by Crippen LogP contribution is 2.25. The third-order valence-electron chi connectivity index (χ3n) is 4.72. The Kier molecular flexibility index (Phi) is 6.99. The fraction of sp³-hybridized carbons (Fsp3) is 0.500. The van der Waals surface area contributed by atoms with Crippen LogP contribution in [0.3, 0.4) is 0 Å². The van der Waals surface area contributed by atoms with Crippen LogP contribution in [0.2, 0.25) is 5.02 Å². The molecule has 1 saturated heterocycles. The van der Waals surface area contributed by atoms with Gasteiger partial charge in [0.2, 0.25) is 11.8 Å². The molecule has 0 bridgehead atoms. The van der Waals surface area contributed by atoms with Gasteiger partial charge in [-0.25, -0.2) is 0 Å². The van der Waals surface area contributed by atoms with E-state index >= 15 is 0 Å². The van der Waals surface area contributed by atoms with E-state index in [9.17, 15) is 14.4 Å². The van der Waals surface area contributed by atoms with Gasteiger partial charge < -0.3 is 16.0 Å². The Hall–Kier alpha value is -2.12. The van der Waals surface area contributed by atoms with Gasteiger partial charge in [-0.1, -0.05) is 11.6 Å². The fourth-order valence-corrected chi connectivity index (χ4v) is 3.45. The Labute approximate surface area is 158 Å². The quantitative estimate of drug-likeness (QED) is 0.699. The lowest BCUT2D eigenvalue weighted by Crippen LogP contribution is -2.42. The second-order valence-electron chi connectivity index (χ2n) is 6.51. The molecule has 1 fully saturated rings. The standard InChI is InChI=1S/C18H25ClN4O3/c1-11(24)22-12-4-7-15(16(19)8-12)18(26)21-10-14-6-5-13(23(14)3)9-17(25)20-2/h4,7-8,13-14H,5-6,9-10H2,1-3H3,(H,20,25)(H,21,26)(H,22,24)/t13-,14+/m1/s1. The molecule has 1 aromatic rings. The van der Waals surface area contributed by atoms with Crippen LogP contribution in [0.5, 0.6) is 0 Å². The number of anilines is 1. The van der Waals surface area contributed by atoms with Crippen LogP contribution in [0, 0.1) is 0 Å². The first-order chi connectivity index (χ1) is 12.3. The molecule has 0 spiro atoms. The minimum Gasteiger partial charge on any atom is -0.359 e. The average Bonchev–Trinajstić information content (AvgIpc) is 2.92. The number of hydrogen-bond acceptors (Lipinski definition) is 4. The van der Waals surface area contributed by atoms with E-state index < -0.39 is 0 Å². The van der Waals surface area contributed by atoms with Crippen molar-refractivity contribution in [1.29, 1.82) is 0 Å². The number of hydrogen-bond donors (Lipinski definition) is 3. The highest BCUT2D eigenvalue weighted by molar-refractivity contribution is 6.34. The van der Waals surface area contributed by atoms with Gasteiger partial charge in [0.05, 0.1) is 10.6 Å². The van der Waals surface area contributed by atoms with Gasteiger partial charge >= 0.3 is 0 Å². The van der Waals surface area contributed by atoms with Crippen molar-refractivity contribution >= 4 is 35.0 Å². The molecule has 0 aromatic heterocycles. The highest BCUT2D eigenvalue weighted by Gasteiger charge is 2.31. The lowest BCUT2D eigenvalue weighted by molar-refractivity contribution is -0.121. The third-order valence-corrected chi connectivity index (χ3v) is 5.03. The summed E-state index contributed by atoms with van der Waals surface area (Å²) in [4.78, 5) is 37.2. The number of carbonyl (C=O) groups excluding carboxylic acids is 3. The van der Waals surface area contributed by atoms with E-state index in [0.717, 1.165) is 12.8 Å². The monoisotopic (exact) mass is 380 g/mol. The zero-order valence-electron chi connectivity index (χ0n) is 15.3. The Bertz CT molecular complexity index is 695. The van der Waals surface area contributed by atoms with Crippen molar-refractivity contribution in [2.24, 2.45) is 0 Å². The van der Waals surface area contributed by atoms with Gasteiger partial charge in [0, 0.05) is 44.7 Å². The third kappa shape index (κ3) is 5.19. The van der Waals surface area contributed by atoms with Gasteiger partial charge in [0.25, 0.3) is 5.91 Å². The average molecular weight is 381 g/mol. The first-order valence-electron chi connectivity index (χ1n) is 8.59. The minimum atomic E-state index is -0.257. The smallest absolute Gasteiger partial charge is 0.252 e. The largest absolute Gasteiger partial charge is 0.359 e. The van der Waals surface area contributed by atoms with Gasteiger partial charge in [-0.2, -0.15) is 0 Å². The molecule has 142 valence electrons. The van der Waals surface area contributed by atoms with E-state index in [1.807, 2.05) is 7.05 Å². The van der Waals surface area contributed by atoms with Gasteiger partial charge in [-0.05, 0) is 38.1 Å². The maximum atomic E-state index is 12.4. The predicted molar refractivity (Wildman–Crippen MR) is 101 cm³/mol. The molecule has 8 heteroatoms. The zero-order chi connectivity index (χ0) is 19.3. The number of likely N-dealkylation sites (N-methyl/N-ethyl adjacent to an activating group) is 1. The predicted octanol–water partition coefficient (Wildman–Crippen LogP) is 1.63. The number of benzene rings is 1. The SMILES string of the molecule is CNC(=O)C[C@H]1CC[C@@H](CNC(=O)c2ccc(NC(C)=O)cc2Cl)N1C. The molecule has 3 N–H and O–H groups in total. The Morgan fingerprint density at radius 3 is 2.54 bits per heavy atom. The number of carbonyl (C=O) groups is 3. The van der Waals surface area contributed by atoms with E-state index in [-0.39, 0.29) is 34.8 Å². The Morgan fingerprint density at radius 1 is 1.23 bits per heavy atom. The summed E-state index contributed by atoms with van der Waals surface area (Å²) in [5.74, 6) is -0.432. The highest BCUT2D eigenvalue weighted by atomic mass is 35.5. The zero-order valence-corrected chi connectivity index (χ0v) is 16.0. The topological polar surface area (TPSA) is 90.5 Å². The molecule has 1 aliphatic rings. The molecule has 0 saturated carbocycles. The van der Waals surface area contributed by atoms with Crippen LogP contribution in [0.25, 0.3) is 0 Å². The number of rotatable bonds is 6. The van der Waals surface area contributed by atoms with Crippen LogP contribution in [-0.2, 0) is 9.59 Å². The number of halogens is 1. The summed E-state index contributed by atoms with van der Waals surface area (Å²) >= 11 is 6.16. The molecular weight excluding hydrogens is 356 g/mol. The van der Waals surface area contributed by atoms with Gasteiger partial charge in [-0.15, -0.1) is 0 Å². The molecule has 0 radical (unpaired) electrons. The summed E-state index contributed by atoms with van der Waals surface area (Å²) in [5.41, 5.74) is 0.912. The number of nitrogens with zero attached hydrogens (tertiary/aromatic N) is 1. The number of likely N-dealkylation sites (tertiary alicyclic amines) is 1. The minimum absolute atomic E-state index is 0.0255. The number of amides is 3. The van der Waals surface area contributed by atoms with Crippen molar-refractivity contribution in [3.05, 3.63) is 28.8 Å².